The molecule has 3 aromatic heterocycles. The second-order valence-corrected chi connectivity index (χ2v) is 12.2. The molecule has 224 valence electrons. The third-order valence-corrected chi connectivity index (χ3v) is 9.42. The van der Waals surface area contributed by atoms with E-state index in [2.05, 4.69) is 138 Å². The summed E-state index contributed by atoms with van der Waals surface area (Å²) < 4.78 is 9.29. The van der Waals surface area contributed by atoms with Crippen LogP contribution in [-0.4, -0.2) is 14.5 Å². The molecule has 0 aliphatic carbocycles. The van der Waals surface area contributed by atoms with Crippen LogP contribution in [0.3, 0.4) is 0 Å². The Morgan fingerprint density at radius 2 is 1.06 bits per heavy atom. The molecule has 0 radical (unpaired) electrons. The van der Waals surface area contributed by atoms with Crippen LogP contribution in [0.2, 0.25) is 0 Å². The summed E-state index contributed by atoms with van der Waals surface area (Å²) in [5, 5.41) is 5.40. The number of rotatable bonds is 4. The van der Waals surface area contributed by atoms with Gasteiger partial charge in [0.2, 0.25) is 0 Å². The van der Waals surface area contributed by atoms with Gasteiger partial charge in [-0.25, -0.2) is 9.97 Å². The third kappa shape index (κ3) is 4.03. The molecule has 4 nitrogen and oxygen atoms in total. The van der Waals surface area contributed by atoms with Crippen molar-refractivity contribution in [3.05, 3.63) is 164 Å². The number of furan rings is 1. The molecule has 0 fully saturated rings. The molecule has 0 saturated carbocycles. The van der Waals surface area contributed by atoms with Gasteiger partial charge in [-0.05, 0) is 53.6 Å². The molecular weight excluding hydrogens is 587 g/mol. The van der Waals surface area contributed by atoms with Gasteiger partial charge in [-0.2, -0.15) is 0 Å². The maximum Gasteiger partial charge on any atom is 0.164 e. The van der Waals surface area contributed by atoms with Crippen molar-refractivity contribution in [1.82, 2.24) is 14.5 Å². The molecule has 0 bridgehead atoms. The third-order valence-electron chi connectivity index (χ3n) is 9.42. The second kappa shape index (κ2) is 10.5. The molecule has 0 aliphatic rings. The van der Waals surface area contributed by atoms with Crippen LogP contribution in [0.1, 0.15) is 0 Å². The molecule has 0 N–H and O–H groups in total. The van der Waals surface area contributed by atoms with Gasteiger partial charge in [0.1, 0.15) is 11.2 Å². The van der Waals surface area contributed by atoms with Crippen LogP contribution in [0, 0.1) is 0 Å². The van der Waals surface area contributed by atoms with Crippen LogP contribution in [0.5, 0.6) is 0 Å². The van der Waals surface area contributed by atoms with E-state index in [0.717, 1.165) is 77.2 Å². The molecule has 4 heteroatoms. The van der Waals surface area contributed by atoms with E-state index in [0.29, 0.717) is 5.82 Å². The molecule has 3 heterocycles. The lowest BCUT2D eigenvalue weighted by atomic mass is 10.0. The molecule has 10 aromatic rings. The Kier molecular flexibility index (Phi) is 5.84. The Labute approximate surface area is 276 Å². The van der Waals surface area contributed by atoms with Crippen LogP contribution in [0.4, 0.5) is 0 Å². The summed E-state index contributed by atoms with van der Waals surface area (Å²) in [5.74, 6) is 0.648. The zero-order valence-corrected chi connectivity index (χ0v) is 25.8. The summed E-state index contributed by atoms with van der Waals surface area (Å²) >= 11 is 0. The first-order valence-corrected chi connectivity index (χ1v) is 16.2. The highest BCUT2D eigenvalue weighted by molar-refractivity contribution is 6.24. The Morgan fingerprint density at radius 1 is 0.417 bits per heavy atom. The highest BCUT2D eigenvalue weighted by Crippen LogP contribution is 2.43. The Bertz CT molecular complexity index is 2810. The molecule has 10 rings (SSSR count). The van der Waals surface area contributed by atoms with E-state index in [4.69, 9.17) is 14.4 Å². The lowest BCUT2D eigenvalue weighted by Gasteiger charge is -2.09. The SMILES string of the molecule is c1ccc(-c2ccc(-n3c4ccccc4c4c5oc6c(-c7nc(-c8ccccc8)c8ccccc8n7)cccc6c5ccc43)cc2)cc1. The minimum absolute atomic E-state index is 0.648. The van der Waals surface area contributed by atoms with Crippen molar-refractivity contribution in [2.24, 2.45) is 0 Å². The van der Waals surface area contributed by atoms with Gasteiger partial charge in [-0.3, -0.25) is 0 Å². The van der Waals surface area contributed by atoms with Crippen LogP contribution in [0.15, 0.2) is 168 Å². The first kappa shape index (κ1) is 26.7. The Balaban J connectivity index is 1.21. The van der Waals surface area contributed by atoms with Gasteiger partial charge >= 0.3 is 0 Å². The van der Waals surface area contributed by atoms with E-state index >= 15 is 0 Å². The van der Waals surface area contributed by atoms with Crippen molar-refractivity contribution < 1.29 is 4.42 Å². The summed E-state index contributed by atoms with van der Waals surface area (Å²) in [6, 6.07) is 57.1. The van der Waals surface area contributed by atoms with Crippen molar-refractivity contribution >= 4 is 54.6 Å². The molecule has 0 unspecified atom stereocenters. The summed E-state index contributed by atoms with van der Waals surface area (Å²) in [4.78, 5) is 10.2. The lowest BCUT2D eigenvalue weighted by Crippen LogP contribution is -1.95. The normalized spacial score (nSPS) is 11.8. The van der Waals surface area contributed by atoms with Crippen molar-refractivity contribution in [1.29, 1.82) is 0 Å². The van der Waals surface area contributed by atoms with E-state index in [9.17, 15) is 0 Å². The number of nitrogens with zero attached hydrogens (tertiary/aromatic N) is 3. The van der Waals surface area contributed by atoms with Gasteiger partial charge in [0.15, 0.2) is 5.82 Å². The number of benzene rings is 7. The predicted molar refractivity (Wildman–Crippen MR) is 197 cm³/mol. The zero-order valence-electron chi connectivity index (χ0n) is 25.8. The first-order chi connectivity index (χ1) is 23.8. The van der Waals surface area contributed by atoms with Gasteiger partial charge in [-0.1, -0.05) is 121 Å². The maximum absolute atomic E-state index is 6.95. The second-order valence-electron chi connectivity index (χ2n) is 12.2. The summed E-state index contributed by atoms with van der Waals surface area (Å²) in [6.07, 6.45) is 0. The fraction of sp³-hybridized carbons (Fsp3) is 0. The quantitative estimate of drug-likeness (QED) is 0.198. The van der Waals surface area contributed by atoms with Crippen molar-refractivity contribution in [2.45, 2.75) is 0 Å². The van der Waals surface area contributed by atoms with E-state index < -0.39 is 0 Å². The number of fused-ring (bicyclic) bond motifs is 8. The molecule has 0 aliphatic heterocycles. The van der Waals surface area contributed by atoms with Crippen molar-refractivity contribution in [3.8, 4) is 39.5 Å². The van der Waals surface area contributed by atoms with Crippen molar-refractivity contribution in [2.75, 3.05) is 0 Å². The molecule has 0 atom stereocenters. The predicted octanol–water partition coefficient (Wildman–Crippen LogP) is 11.6. The zero-order chi connectivity index (χ0) is 31.6. The number of para-hydroxylation sites is 3. The fourth-order valence-electron chi connectivity index (χ4n) is 7.21. The fourth-order valence-corrected chi connectivity index (χ4v) is 7.21. The van der Waals surface area contributed by atoms with Gasteiger partial charge < -0.3 is 8.98 Å². The Morgan fingerprint density at radius 3 is 1.88 bits per heavy atom. The van der Waals surface area contributed by atoms with E-state index in [-0.39, 0.29) is 0 Å². The van der Waals surface area contributed by atoms with Crippen LogP contribution < -0.4 is 0 Å². The highest BCUT2D eigenvalue weighted by Gasteiger charge is 2.21. The minimum Gasteiger partial charge on any atom is -0.455 e. The van der Waals surface area contributed by atoms with Crippen molar-refractivity contribution in [3.63, 3.8) is 0 Å². The van der Waals surface area contributed by atoms with E-state index in [1.807, 2.05) is 30.3 Å². The van der Waals surface area contributed by atoms with Gasteiger partial charge in [0.05, 0.1) is 33.2 Å². The average molecular weight is 614 g/mol. The van der Waals surface area contributed by atoms with Crippen LogP contribution >= 0.6 is 0 Å². The maximum atomic E-state index is 6.95. The smallest absolute Gasteiger partial charge is 0.164 e. The van der Waals surface area contributed by atoms with E-state index in [1.165, 1.54) is 11.1 Å². The molecule has 0 spiro atoms. The largest absolute Gasteiger partial charge is 0.455 e. The molecule has 0 amide bonds. The standard InChI is InChI=1S/C44H27N3O/c1-3-12-28(13-4-1)29-22-24-31(25-23-29)47-38-21-10-8-17-35(38)40-39(47)27-26-33-32-18-11-19-36(42(32)48-43(33)40)44-45-37-20-9-7-16-34(37)41(46-44)30-14-5-2-6-15-30/h1-27H. The molecule has 0 saturated heterocycles. The number of hydrogen-bond donors (Lipinski definition) is 0. The monoisotopic (exact) mass is 613 g/mol. The summed E-state index contributed by atoms with van der Waals surface area (Å²) in [5.41, 5.74) is 11.1. The van der Waals surface area contributed by atoms with Gasteiger partial charge in [0.25, 0.3) is 0 Å². The van der Waals surface area contributed by atoms with Gasteiger partial charge in [0, 0.05) is 32.8 Å². The minimum atomic E-state index is 0.648. The van der Waals surface area contributed by atoms with Crippen LogP contribution in [0.25, 0.3) is 94.1 Å². The first-order valence-electron chi connectivity index (χ1n) is 16.2. The van der Waals surface area contributed by atoms with Crippen LogP contribution in [-0.2, 0) is 0 Å². The summed E-state index contributed by atoms with van der Waals surface area (Å²) in [7, 11) is 0. The highest BCUT2D eigenvalue weighted by atomic mass is 16.3. The molecular formula is C44H27N3O. The Hall–Kier alpha value is -6.52. The average Bonchev–Trinajstić information content (AvgIpc) is 3.71. The lowest BCUT2D eigenvalue weighted by molar-refractivity contribution is 0.673. The number of hydrogen-bond acceptors (Lipinski definition) is 3. The summed E-state index contributed by atoms with van der Waals surface area (Å²) in [6.45, 7) is 0. The van der Waals surface area contributed by atoms with Gasteiger partial charge in [-0.15, -0.1) is 0 Å². The molecule has 7 aromatic carbocycles. The van der Waals surface area contributed by atoms with E-state index in [1.54, 1.807) is 0 Å². The topological polar surface area (TPSA) is 43.9 Å². The molecule has 48 heavy (non-hydrogen) atoms. The number of aromatic nitrogens is 3.